The Labute approximate surface area is 154 Å². The molecule has 7 heteroatoms. The molecule has 0 spiro atoms. The molecule has 5 nitrogen and oxygen atoms in total. The molecule has 0 unspecified atom stereocenters. The van der Waals surface area contributed by atoms with E-state index in [1.165, 1.54) is 5.69 Å². The Morgan fingerprint density at radius 1 is 1.20 bits per heavy atom. The molecule has 1 aliphatic heterocycles. The van der Waals surface area contributed by atoms with E-state index in [9.17, 15) is 8.42 Å². The van der Waals surface area contributed by atoms with E-state index in [1.807, 2.05) is 12.1 Å². The fraction of sp³-hybridized carbons (Fsp3) is 0.389. The lowest BCUT2D eigenvalue weighted by Crippen LogP contribution is -2.38. The number of aromatic nitrogens is 1. The van der Waals surface area contributed by atoms with Crippen LogP contribution in [0.5, 0.6) is 0 Å². The lowest BCUT2D eigenvalue weighted by Gasteiger charge is -2.33. The van der Waals surface area contributed by atoms with Gasteiger partial charge in [-0.25, -0.2) is 13.1 Å². The summed E-state index contributed by atoms with van der Waals surface area (Å²) in [6, 6.07) is 8.97. The van der Waals surface area contributed by atoms with Crippen LogP contribution in [0.15, 0.2) is 47.6 Å². The second kappa shape index (κ2) is 7.72. The molecule has 1 aromatic heterocycles. The third-order valence-corrected chi connectivity index (χ3v) is 6.69. The number of halogens is 1. The van der Waals surface area contributed by atoms with Crippen molar-refractivity contribution in [1.82, 2.24) is 9.71 Å². The van der Waals surface area contributed by atoms with Crippen LogP contribution < -0.4 is 9.62 Å². The third kappa shape index (κ3) is 4.32. The predicted octanol–water partition coefficient (Wildman–Crippen LogP) is 3.24. The molecular weight excluding hydrogens is 358 g/mol. The fourth-order valence-electron chi connectivity index (χ4n) is 3.13. The van der Waals surface area contributed by atoms with Crippen LogP contribution in [0.25, 0.3) is 0 Å². The molecule has 0 radical (unpaired) electrons. The van der Waals surface area contributed by atoms with Gasteiger partial charge in [-0.1, -0.05) is 17.7 Å². The number of nitrogens with zero attached hydrogens (tertiary/aromatic N) is 2. The van der Waals surface area contributed by atoms with Gasteiger partial charge in [0.15, 0.2) is 0 Å². The standard InChI is InChI=1S/C18H22ClN3O2S/c1-14-17(19)3-2-4-18(14)25(23,24)21-13-15-7-11-22(12-8-15)16-5-9-20-10-6-16/h2-6,9-10,15,21H,7-8,11-13H2,1H3. The molecule has 0 aliphatic carbocycles. The van der Waals surface area contributed by atoms with Gasteiger partial charge in [-0.05, 0) is 55.5 Å². The van der Waals surface area contributed by atoms with Crippen LogP contribution in [0.2, 0.25) is 5.02 Å². The Hall–Kier alpha value is -1.63. The molecule has 1 saturated heterocycles. The van der Waals surface area contributed by atoms with Crippen molar-refractivity contribution in [3.63, 3.8) is 0 Å². The summed E-state index contributed by atoms with van der Waals surface area (Å²) in [7, 11) is -3.53. The first-order chi connectivity index (χ1) is 12.0. The summed E-state index contributed by atoms with van der Waals surface area (Å²) in [4.78, 5) is 6.61. The van der Waals surface area contributed by atoms with Crippen molar-refractivity contribution in [3.8, 4) is 0 Å². The number of sulfonamides is 1. The minimum Gasteiger partial charge on any atom is -0.371 e. The maximum Gasteiger partial charge on any atom is 0.240 e. The number of pyridine rings is 1. The first kappa shape index (κ1) is 18.2. The van der Waals surface area contributed by atoms with Gasteiger partial charge in [-0.2, -0.15) is 0 Å². The number of rotatable bonds is 5. The number of hydrogen-bond donors (Lipinski definition) is 1. The number of piperidine rings is 1. The molecule has 1 N–H and O–H groups in total. The van der Waals surface area contributed by atoms with E-state index in [-0.39, 0.29) is 4.90 Å². The van der Waals surface area contributed by atoms with Gasteiger partial charge in [0, 0.05) is 42.7 Å². The minimum absolute atomic E-state index is 0.259. The maximum atomic E-state index is 12.5. The van der Waals surface area contributed by atoms with Crippen LogP contribution in [-0.2, 0) is 10.0 Å². The lowest BCUT2D eigenvalue weighted by atomic mass is 9.97. The van der Waals surface area contributed by atoms with Gasteiger partial charge in [0.25, 0.3) is 0 Å². The molecule has 0 saturated carbocycles. The van der Waals surface area contributed by atoms with Gasteiger partial charge in [-0.3, -0.25) is 4.98 Å². The molecule has 0 atom stereocenters. The summed E-state index contributed by atoms with van der Waals surface area (Å²) >= 11 is 6.04. The van der Waals surface area contributed by atoms with E-state index < -0.39 is 10.0 Å². The van der Waals surface area contributed by atoms with Gasteiger partial charge in [0.05, 0.1) is 4.90 Å². The quantitative estimate of drug-likeness (QED) is 0.866. The molecular formula is C18H22ClN3O2S. The van der Waals surface area contributed by atoms with E-state index in [0.717, 1.165) is 25.9 Å². The molecule has 2 heterocycles. The van der Waals surface area contributed by atoms with Crippen molar-refractivity contribution < 1.29 is 8.42 Å². The van der Waals surface area contributed by atoms with E-state index in [1.54, 1.807) is 37.5 Å². The van der Waals surface area contributed by atoms with Crippen LogP contribution in [-0.4, -0.2) is 33.0 Å². The summed E-state index contributed by atoms with van der Waals surface area (Å²) in [5.74, 6) is 0.340. The molecule has 1 aromatic carbocycles. The zero-order chi connectivity index (χ0) is 17.9. The van der Waals surface area contributed by atoms with Gasteiger partial charge in [-0.15, -0.1) is 0 Å². The topological polar surface area (TPSA) is 62.3 Å². The number of nitrogens with one attached hydrogen (secondary N) is 1. The van der Waals surface area contributed by atoms with E-state index >= 15 is 0 Å². The smallest absolute Gasteiger partial charge is 0.240 e. The van der Waals surface area contributed by atoms with Crippen LogP contribution in [0.4, 0.5) is 5.69 Å². The molecule has 3 rings (SSSR count). The van der Waals surface area contributed by atoms with Crippen molar-refractivity contribution in [2.45, 2.75) is 24.7 Å². The van der Waals surface area contributed by atoms with Crippen molar-refractivity contribution in [3.05, 3.63) is 53.3 Å². The van der Waals surface area contributed by atoms with Crippen molar-refractivity contribution in [1.29, 1.82) is 0 Å². The average molecular weight is 380 g/mol. The summed E-state index contributed by atoms with van der Waals surface area (Å²) in [5.41, 5.74) is 1.76. The highest BCUT2D eigenvalue weighted by Gasteiger charge is 2.23. The normalized spacial score (nSPS) is 16.2. The van der Waals surface area contributed by atoms with Crippen molar-refractivity contribution in [2.75, 3.05) is 24.5 Å². The summed E-state index contributed by atoms with van der Waals surface area (Å²) in [6.45, 7) is 4.03. The number of benzene rings is 1. The third-order valence-electron chi connectivity index (χ3n) is 4.71. The van der Waals surface area contributed by atoms with Crippen LogP contribution in [0.1, 0.15) is 18.4 Å². The highest BCUT2D eigenvalue weighted by Crippen LogP contribution is 2.25. The first-order valence-corrected chi connectivity index (χ1v) is 10.2. The summed E-state index contributed by atoms with van der Waals surface area (Å²) in [6.07, 6.45) is 5.50. The number of hydrogen-bond acceptors (Lipinski definition) is 4. The van der Waals surface area contributed by atoms with Crippen molar-refractivity contribution >= 4 is 27.3 Å². The van der Waals surface area contributed by atoms with E-state index in [0.29, 0.717) is 23.0 Å². The zero-order valence-electron chi connectivity index (χ0n) is 14.2. The average Bonchev–Trinajstić information content (AvgIpc) is 2.63. The van der Waals surface area contributed by atoms with E-state index in [4.69, 9.17) is 11.6 Å². The molecule has 1 aliphatic rings. The highest BCUT2D eigenvalue weighted by molar-refractivity contribution is 7.89. The SMILES string of the molecule is Cc1c(Cl)cccc1S(=O)(=O)NCC1CCN(c2ccncc2)CC1. The van der Waals surface area contributed by atoms with Gasteiger partial charge in [0.2, 0.25) is 10.0 Å². The monoisotopic (exact) mass is 379 g/mol. The second-order valence-electron chi connectivity index (χ2n) is 6.35. The Morgan fingerprint density at radius 2 is 1.88 bits per heavy atom. The Bertz CT molecular complexity index is 819. The molecule has 0 amide bonds. The van der Waals surface area contributed by atoms with Crippen LogP contribution in [0.3, 0.4) is 0 Å². The first-order valence-electron chi connectivity index (χ1n) is 8.37. The summed E-state index contributed by atoms with van der Waals surface area (Å²) in [5, 5.41) is 0.466. The molecule has 134 valence electrons. The van der Waals surface area contributed by atoms with Crippen molar-refractivity contribution in [2.24, 2.45) is 5.92 Å². The van der Waals surface area contributed by atoms with E-state index in [2.05, 4.69) is 14.6 Å². The Balaban J connectivity index is 1.57. The highest BCUT2D eigenvalue weighted by atomic mass is 35.5. The van der Waals surface area contributed by atoms with Gasteiger partial charge < -0.3 is 4.90 Å². The molecule has 2 aromatic rings. The fourth-order valence-corrected chi connectivity index (χ4v) is 4.75. The molecule has 25 heavy (non-hydrogen) atoms. The Morgan fingerprint density at radius 3 is 2.56 bits per heavy atom. The van der Waals surface area contributed by atoms with Crippen LogP contribution >= 0.6 is 11.6 Å². The summed E-state index contributed by atoms with van der Waals surface area (Å²) < 4.78 is 27.8. The van der Waals surface area contributed by atoms with Gasteiger partial charge in [0.1, 0.15) is 0 Å². The van der Waals surface area contributed by atoms with Crippen LogP contribution in [0, 0.1) is 12.8 Å². The Kier molecular flexibility index (Phi) is 5.61. The maximum absolute atomic E-state index is 12.5. The predicted molar refractivity (Wildman–Crippen MR) is 101 cm³/mol. The molecule has 0 bridgehead atoms. The minimum atomic E-state index is -3.53. The second-order valence-corrected chi connectivity index (χ2v) is 8.49. The largest absolute Gasteiger partial charge is 0.371 e. The zero-order valence-corrected chi connectivity index (χ0v) is 15.7. The molecule has 1 fully saturated rings. The lowest BCUT2D eigenvalue weighted by molar-refractivity contribution is 0.402. The number of anilines is 1. The van der Waals surface area contributed by atoms with Gasteiger partial charge >= 0.3 is 0 Å².